The van der Waals surface area contributed by atoms with Crippen LogP contribution in [-0.2, 0) is 9.53 Å². The summed E-state index contributed by atoms with van der Waals surface area (Å²) in [4.78, 5) is 11.2. The number of ether oxygens (including phenoxy) is 1. The highest BCUT2D eigenvalue weighted by molar-refractivity contribution is 5.81. The van der Waals surface area contributed by atoms with Crippen molar-refractivity contribution in [3.63, 3.8) is 0 Å². The summed E-state index contributed by atoms with van der Waals surface area (Å²) in [6.07, 6.45) is -0.322. The van der Waals surface area contributed by atoms with Crippen LogP contribution in [0.15, 0.2) is 0 Å². The maximum atomic E-state index is 11.2. The smallest absolute Gasteiger partial charge is 0.249 e. The van der Waals surface area contributed by atoms with E-state index in [-0.39, 0.29) is 5.91 Å². The molecule has 1 amide bonds. The Morgan fingerprint density at radius 2 is 2.23 bits per heavy atom. The van der Waals surface area contributed by atoms with Crippen LogP contribution >= 0.6 is 0 Å². The molecule has 0 heterocycles. The molecule has 0 aromatic rings. The van der Waals surface area contributed by atoms with Gasteiger partial charge in [-0.3, -0.25) is 4.79 Å². The molecule has 0 saturated heterocycles. The summed E-state index contributed by atoms with van der Waals surface area (Å²) in [7, 11) is 3.07. The van der Waals surface area contributed by atoms with E-state index >= 15 is 0 Å². The van der Waals surface area contributed by atoms with Gasteiger partial charge in [0.05, 0.1) is 6.61 Å². The van der Waals surface area contributed by atoms with Crippen LogP contribution in [0.5, 0.6) is 0 Å². The first-order chi connectivity index (χ1) is 6.01. The molecule has 0 unspecified atom stereocenters. The number of nitrogens with one attached hydrogen (secondary N) is 1. The molecule has 0 spiro atoms. The first-order valence-electron chi connectivity index (χ1n) is 4.40. The number of hydrogen-bond donors (Lipinski definition) is 2. The maximum Gasteiger partial charge on any atom is 0.249 e. The predicted molar refractivity (Wildman–Crippen MR) is 50.3 cm³/mol. The lowest BCUT2D eigenvalue weighted by Crippen LogP contribution is -2.46. The van der Waals surface area contributed by atoms with Gasteiger partial charge in [0.2, 0.25) is 5.91 Å². The molecule has 0 aliphatic carbocycles. The second-order valence-electron chi connectivity index (χ2n) is 3.46. The Morgan fingerprint density at radius 1 is 1.69 bits per heavy atom. The van der Waals surface area contributed by atoms with Gasteiger partial charge in [0.15, 0.2) is 0 Å². The van der Waals surface area contributed by atoms with Crippen LogP contribution < -0.4 is 5.32 Å². The van der Waals surface area contributed by atoms with Crippen LogP contribution in [0.25, 0.3) is 0 Å². The Morgan fingerprint density at radius 3 is 2.54 bits per heavy atom. The number of likely N-dealkylation sites (N-methyl/N-ethyl adjacent to an activating group) is 1. The zero-order valence-electron chi connectivity index (χ0n) is 8.76. The average molecular weight is 189 g/mol. The van der Waals surface area contributed by atoms with Gasteiger partial charge in [0.25, 0.3) is 0 Å². The third-order valence-corrected chi connectivity index (χ3v) is 2.44. The average Bonchev–Trinajstić information content (AvgIpc) is 2.15. The predicted octanol–water partition coefficient (Wildman–Crippen LogP) is 0.156. The molecule has 0 bridgehead atoms. The molecule has 0 rings (SSSR count). The van der Waals surface area contributed by atoms with Crippen molar-refractivity contribution in [2.45, 2.75) is 26.4 Å². The fraction of sp³-hybridized carbons (Fsp3) is 0.889. The summed E-state index contributed by atoms with van der Waals surface area (Å²) >= 11 is 0. The van der Waals surface area contributed by atoms with Crippen molar-refractivity contribution < 1.29 is 14.6 Å². The summed E-state index contributed by atoms with van der Waals surface area (Å²) < 4.78 is 4.97. The highest BCUT2D eigenvalue weighted by Gasteiger charge is 2.35. The Kier molecular flexibility index (Phi) is 4.95. The van der Waals surface area contributed by atoms with E-state index in [0.29, 0.717) is 13.0 Å². The summed E-state index contributed by atoms with van der Waals surface area (Å²) in [6.45, 7) is 4.12. The van der Waals surface area contributed by atoms with Crippen LogP contribution in [0.3, 0.4) is 0 Å². The van der Waals surface area contributed by atoms with Crippen molar-refractivity contribution in [2.24, 2.45) is 5.41 Å². The first kappa shape index (κ1) is 12.4. The number of hydrogen-bond acceptors (Lipinski definition) is 3. The number of aliphatic hydroxyl groups excluding tert-OH is 1. The van der Waals surface area contributed by atoms with Crippen molar-refractivity contribution in [1.82, 2.24) is 5.32 Å². The second kappa shape index (κ2) is 5.19. The molecule has 0 radical (unpaired) electrons. The fourth-order valence-electron chi connectivity index (χ4n) is 1.16. The summed E-state index contributed by atoms with van der Waals surface area (Å²) in [5.74, 6) is -0.360. The lowest BCUT2D eigenvalue weighted by molar-refractivity contribution is -0.138. The van der Waals surface area contributed by atoms with E-state index in [1.807, 2.05) is 13.8 Å². The number of methoxy groups -OCH3 is 1. The minimum absolute atomic E-state index is 0.360. The molecule has 2 N–H and O–H groups in total. The minimum atomic E-state index is -1.01. The van der Waals surface area contributed by atoms with Gasteiger partial charge in [-0.05, 0) is 6.42 Å². The molecule has 13 heavy (non-hydrogen) atoms. The normalized spacial score (nSPS) is 17.6. The van der Waals surface area contributed by atoms with Crippen LogP contribution in [-0.4, -0.2) is 37.9 Å². The molecule has 0 saturated carbocycles. The highest BCUT2D eigenvalue weighted by Crippen LogP contribution is 2.26. The Balaban J connectivity index is 4.45. The van der Waals surface area contributed by atoms with Gasteiger partial charge in [-0.1, -0.05) is 13.8 Å². The van der Waals surface area contributed by atoms with Crippen molar-refractivity contribution in [1.29, 1.82) is 0 Å². The number of amides is 1. The van der Waals surface area contributed by atoms with Crippen LogP contribution in [0.4, 0.5) is 0 Å². The molecule has 2 atom stereocenters. The monoisotopic (exact) mass is 189 g/mol. The number of aliphatic hydroxyl groups is 1. The van der Waals surface area contributed by atoms with E-state index in [1.165, 1.54) is 7.05 Å². The van der Waals surface area contributed by atoms with E-state index < -0.39 is 11.5 Å². The maximum absolute atomic E-state index is 11.2. The van der Waals surface area contributed by atoms with Gasteiger partial charge < -0.3 is 15.2 Å². The van der Waals surface area contributed by atoms with Crippen molar-refractivity contribution >= 4 is 5.91 Å². The minimum Gasteiger partial charge on any atom is -0.384 e. The largest absolute Gasteiger partial charge is 0.384 e. The van der Waals surface area contributed by atoms with Gasteiger partial charge in [-0.25, -0.2) is 0 Å². The standard InChI is InChI=1S/C9H19NO3/c1-5-9(2,6-13-4)7(11)8(12)10-3/h7,11H,5-6H2,1-4H3,(H,10,12)/t7-,9-/m1/s1. The summed E-state index contributed by atoms with van der Waals surface area (Å²) in [5.41, 5.74) is -0.505. The van der Waals surface area contributed by atoms with E-state index in [9.17, 15) is 9.90 Å². The van der Waals surface area contributed by atoms with Crippen LogP contribution in [0.2, 0.25) is 0 Å². The van der Waals surface area contributed by atoms with Gasteiger partial charge >= 0.3 is 0 Å². The van der Waals surface area contributed by atoms with Gasteiger partial charge in [0.1, 0.15) is 6.10 Å². The quantitative estimate of drug-likeness (QED) is 0.647. The molecule has 0 aliphatic rings. The topological polar surface area (TPSA) is 58.6 Å². The molecule has 0 fully saturated rings. The lowest BCUT2D eigenvalue weighted by atomic mass is 9.82. The molecule has 0 aromatic carbocycles. The molecule has 4 nitrogen and oxygen atoms in total. The number of carbonyl (C=O) groups excluding carboxylic acids is 1. The fourth-order valence-corrected chi connectivity index (χ4v) is 1.16. The molecule has 78 valence electrons. The SMILES string of the molecule is CC[C@](C)(COC)[C@H](O)C(=O)NC. The molecule has 0 aromatic heterocycles. The van der Waals surface area contributed by atoms with Crippen LogP contribution in [0, 0.1) is 5.41 Å². The number of carbonyl (C=O) groups is 1. The number of rotatable bonds is 5. The Labute approximate surface area is 79.3 Å². The molecule has 4 heteroatoms. The van der Waals surface area contributed by atoms with E-state index in [2.05, 4.69) is 5.32 Å². The highest BCUT2D eigenvalue weighted by atomic mass is 16.5. The van der Waals surface area contributed by atoms with Gasteiger partial charge in [0, 0.05) is 19.6 Å². The second-order valence-corrected chi connectivity index (χ2v) is 3.46. The Hall–Kier alpha value is -0.610. The van der Waals surface area contributed by atoms with E-state index in [1.54, 1.807) is 7.11 Å². The van der Waals surface area contributed by atoms with Gasteiger partial charge in [-0.2, -0.15) is 0 Å². The third kappa shape index (κ3) is 2.97. The van der Waals surface area contributed by atoms with Crippen molar-refractivity contribution in [3.05, 3.63) is 0 Å². The van der Waals surface area contributed by atoms with E-state index in [4.69, 9.17) is 4.74 Å². The van der Waals surface area contributed by atoms with Crippen LogP contribution in [0.1, 0.15) is 20.3 Å². The van der Waals surface area contributed by atoms with Crippen molar-refractivity contribution in [3.8, 4) is 0 Å². The van der Waals surface area contributed by atoms with E-state index in [0.717, 1.165) is 0 Å². The van der Waals surface area contributed by atoms with Gasteiger partial charge in [-0.15, -0.1) is 0 Å². The van der Waals surface area contributed by atoms with Crippen molar-refractivity contribution in [2.75, 3.05) is 20.8 Å². The third-order valence-electron chi connectivity index (χ3n) is 2.44. The first-order valence-corrected chi connectivity index (χ1v) is 4.40. The summed E-state index contributed by atoms with van der Waals surface area (Å²) in [5, 5.41) is 12.1. The Bertz CT molecular complexity index is 172. The molecule has 0 aliphatic heterocycles. The molecular formula is C9H19NO3. The summed E-state index contributed by atoms with van der Waals surface area (Å²) in [6, 6.07) is 0. The zero-order chi connectivity index (χ0) is 10.5. The lowest BCUT2D eigenvalue weighted by Gasteiger charge is -2.31. The molecular weight excluding hydrogens is 170 g/mol. The zero-order valence-corrected chi connectivity index (χ0v) is 8.76.